The SMILES string of the molecule is C.CC(C)(C)OC(=O)NC1CC1N. The van der Waals surface area contributed by atoms with Gasteiger partial charge in [0.1, 0.15) is 5.60 Å². The Bertz CT molecular complexity index is 187. The van der Waals surface area contributed by atoms with Crippen LogP contribution in [0.1, 0.15) is 34.6 Å². The molecule has 0 radical (unpaired) electrons. The molecule has 4 nitrogen and oxygen atoms in total. The minimum atomic E-state index is -0.428. The standard InChI is InChI=1S/C8H16N2O2.CH4/c1-8(2,3)12-7(11)10-6-4-5(6)9;/h5-6H,4,9H2,1-3H3,(H,10,11);1H4. The van der Waals surface area contributed by atoms with Crippen molar-refractivity contribution in [2.24, 2.45) is 5.73 Å². The molecule has 1 saturated carbocycles. The van der Waals surface area contributed by atoms with E-state index in [1.165, 1.54) is 0 Å². The Morgan fingerprint density at radius 3 is 2.31 bits per heavy atom. The summed E-state index contributed by atoms with van der Waals surface area (Å²) in [4.78, 5) is 11.1. The summed E-state index contributed by atoms with van der Waals surface area (Å²) in [5.74, 6) is 0. The second-order valence-corrected chi connectivity index (χ2v) is 4.15. The lowest BCUT2D eigenvalue weighted by atomic mass is 10.2. The predicted octanol–water partition coefficient (Wildman–Crippen LogP) is 1.25. The number of hydrogen-bond donors (Lipinski definition) is 2. The Morgan fingerprint density at radius 2 is 2.00 bits per heavy atom. The van der Waals surface area contributed by atoms with Gasteiger partial charge in [0.05, 0.1) is 0 Å². The van der Waals surface area contributed by atoms with Gasteiger partial charge in [0, 0.05) is 12.1 Å². The molecule has 78 valence electrons. The van der Waals surface area contributed by atoms with Gasteiger partial charge in [-0.3, -0.25) is 0 Å². The number of hydrogen-bond acceptors (Lipinski definition) is 3. The molecule has 0 heterocycles. The second kappa shape index (κ2) is 3.96. The molecule has 1 aliphatic rings. The largest absolute Gasteiger partial charge is 0.444 e. The highest BCUT2D eigenvalue weighted by Gasteiger charge is 2.35. The van der Waals surface area contributed by atoms with Crippen LogP contribution < -0.4 is 11.1 Å². The van der Waals surface area contributed by atoms with Crippen molar-refractivity contribution in [1.29, 1.82) is 0 Å². The summed E-state index contributed by atoms with van der Waals surface area (Å²) in [7, 11) is 0. The first-order chi connectivity index (χ1) is 5.38. The lowest BCUT2D eigenvalue weighted by Gasteiger charge is -2.19. The van der Waals surface area contributed by atoms with E-state index < -0.39 is 5.60 Å². The fraction of sp³-hybridized carbons (Fsp3) is 0.889. The normalized spacial score (nSPS) is 25.8. The molecule has 0 aromatic heterocycles. The molecule has 0 spiro atoms. The molecule has 0 aromatic rings. The minimum Gasteiger partial charge on any atom is -0.444 e. The molecule has 4 heteroatoms. The van der Waals surface area contributed by atoms with Gasteiger partial charge in [0.15, 0.2) is 0 Å². The fourth-order valence-corrected chi connectivity index (χ4v) is 0.840. The molecule has 2 unspecified atom stereocenters. The summed E-state index contributed by atoms with van der Waals surface area (Å²) < 4.78 is 5.03. The first-order valence-electron chi connectivity index (χ1n) is 4.13. The number of nitrogens with one attached hydrogen (secondary N) is 1. The molecule has 1 fully saturated rings. The average molecular weight is 188 g/mol. The molecule has 0 saturated heterocycles. The number of ether oxygens (including phenoxy) is 1. The van der Waals surface area contributed by atoms with Crippen LogP contribution in [0.3, 0.4) is 0 Å². The van der Waals surface area contributed by atoms with Gasteiger partial charge in [-0.2, -0.15) is 0 Å². The first-order valence-corrected chi connectivity index (χ1v) is 4.13. The maximum atomic E-state index is 11.1. The van der Waals surface area contributed by atoms with Crippen molar-refractivity contribution in [1.82, 2.24) is 5.32 Å². The molecule has 2 atom stereocenters. The van der Waals surface area contributed by atoms with Crippen molar-refractivity contribution in [3.05, 3.63) is 0 Å². The smallest absolute Gasteiger partial charge is 0.407 e. The molecule has 0 aliphatic heterocycles. The highest BCUT2D eigenvalue weighted by Crippen LogP contribution is 2.18. The molecule has 1 aliphatic carbocycles. The maximum absolute atomic E-state index is 11.1. The lowest BCUT2D eigenvalue weighted by molar-refractivity contribution is 0.0523. The lowest BCUT2D eigenvalue weighted by Crippen LogP contribution is -2.35. The van der Waals surface area contributed by atoms with Crippen LogP contribution in [0.25, 0.3) is 0 Å². The molecule has 0 bridgehead atoms. The minimum absolute atomic E-state index is 0. The average Bonchev–Trinajstić information content (AvgIpc) is 2.40. The van der Waals surface area contributed by atoms with Crippen LogP contribution in [0.4, 0.5) is 4.79 Å². The summed E-state index contributed by atoms with van der Waals surface area (Å²) >= 11 is 0. The van der Waals surface area contributed by atoms with Crippen molar-refractivity contribution in [3.8, 4) is 0 Å². The zero-order valence-corrected chi connectivity index (χ0v) is 7.76. The maximum Gasteiger partial charge on any atom is 0.407 e. The van der Waals surface area contributed by atoms with Gasteiger partial charge >= 0.3 is 6.09 Å². The number of rotatable bonds is 1. The summed E-state index contributed by atoms with van der Waals surface area (Å²) in [6.07, 6.45) is 0.486. The van der Waals surface area contributed by atoms with Crippen molar-refractivity contribution in [2.75, 3.05) is 0 Å². The van der Waals surface area contributed by atoms with Gasteiger partial charge in [-0.15, -0.1) is 0 Å². The van der Waals surface area contributed by atoms with E-state index >= 15 is 0 Å². The Balaban J connectivity index is 0.00000144. The van der Waals surface area contributed by atoms with E-state index in [1.807, 2.05) is 20.8 Å². The summed E-state index contributed by atoms with van der Waals surface area (Å²) in [5, 5.41) is 2.67. The van der Waals surface area contributed by atoms with Crippen LogP contribution in [0.2, 0.25) is 0 Å². The van der Waals surface area contributed by atoms with E-state index in [4.69, 9.17) is 10.5 Å². The summed E-state index contributed by atoms with van der Waals surface area (Å²) in [5.41, 5.74) is 5.08. The zero-order valence-electron chi connectivity index (χ0n) is 7.76. The molecule has 1 rings (SSSR count). The number of amides is 1. The van der Waals surface area contributed by atoms with E-state index in [2.05, 4.69) is 5.32 Å². The molecule has 0 aromatic carbocycles. The van der Waals surface area contributed by atoms with Crippen LogP contribution >= 0.6 is 0 Å². The molecule has 13 heavy (non-hydrogen) atoms. The third-order valence-corrected chi connectivity index (χ3v) is 1.54. The van der Waals surface area contributed by atoms with E-state index in [9.17, 15) is 4.79 Å². The third kappa shape index (κ3) is 4.72. The van der Waals surface area contributed by atoms with Crippen molar-refractivity contribution in [2.45, 2.75) is 52.3 Å². The van der Waals surface area contributed by atoms with Crippen LogP contribution in [-0.4, -0.2) is 23.8 Å². The monoisotopic (exact) mass is 188 g/mol. The number of alkyl carbamates (subject to hydrolysis) is 1. The van der Waals surface area contributed by atoms with Gasteiger partial charge in [-0.25, -0.2) is 4.79 Å². The van der Waals surface area contributed by atoms with Crippen LogP contribution in [0.15, 0.2) is 0 Å². The van der Waals surface area contributed by atoms with Gasteiger partial charge in [0.25, 0.3) is 0 Å². The molecular weight excluding hydrogens is 168 g/mol. The summed E-state index contributed by atoms with van der Waals surface area (Å²) in [6.45, 7) is 5.50. The third-order valence-electron chi connectivity index (χ3n) is 1.54. The Kier molecular flexibility index (Phi) is 3.72. The summed E-state index contributed by atoms with van der Waals surface area (Å²) in [6, 6.07) is 0.248. The van der Waals surface area contributed by atoms with E-state index in [0.717, 1.165) is 6.42 Å². The van der Waals surface area contributed by atoms with Crippen LogP contribution in [0.5, 0.6) is 0 Å². The Labute approximate surface area is 79.8 Å². The number of nitrogens with two attached hydrogens (primary N) is 1. The van der Waals surface area contributed by atoms with Gasteiger partial charge in [0.2, 0.25) is 0 Å². The topological polar surface area (TPSA) is 64.3 Å². The number of carbonyl (C=O) groups excluding carboxylic acids is 1. The van der Waals surface area contributed by atoms with Gasteiger partial charge in [-0.1, -0.05) is 7.43 Å². The second-order valence-electron chi connectivity index (χ2n) is 4.15. The van der Waals surface area contributed by atoms with E-state index in [-0.39, 0.29) is 25.6 Å². The van der Waals surface area contributed by atoms with E-state index in [0.29, 0.717) is 0 Å². The van der Waals surface area contributed by atoms with Gasteiger partial charge in [-0.05, 0) is 27.2 Å². The first kappa shape index (κ1) is 12.2. The van der Waals surface area contributed by atoms with Gasteiger partial charge < -0.3 is 15.8 Å². The number of carbonyl (C=O) groups is 1. The molecular formula is C9H20N2O2. The van der Waals surface area contributed by atoms with Crippen LogP contribution in [0, 0.1) is 0 Å². The molecule has 1 amide bonds. The Morgan fingerprint density at radius 1 is 1.54 bits per heavy atom. The molecule has 3 N–H and O–H groups in total. The Hall–Kier alpha value is -0.770. The fourth-order valence-electron chi connectivity index (χ4n) is 0.840. The highest BCUT2D eigenvalue weighted by molar-refractivity contribution is 5.68. The highest BCUT2D eigenvalue weighted by atomic mass is 16.6. The van der Waals surface area contributed by atoms with Crippen molar-refractivity contribution < 1.29 is 9.53 Å². The van der Waals surface area contributed by atoms with Crippen LogP contribution in [-0.2, 0) is 4.74 Å². The quantitative estimate of drug-likeness (QED) is 0.651. The zero-order chi connectivity index (χ0) is 9.35. The predicted molar refractivity (Wildman–Crippen MR) is 52.5 cm³/mol. The van der Waals surface area contributed by atoms with Crippen molar-refractivity contribution in [3.63, 3.8) is 0 Å². The van der Waals surface area contributed by atoms with E-state index in [1.54, 1.807) is 0 Å². The van der Waals surface area contributed by atoms with Crippen molar-refractivity contribution >= 4 is 6.09 Å².